The third-order valence-electron chi connectivity index (χ3n) is 8.62. The Morgan fingerprint density at radius 2 is 1.57 bits per heavy atom. The normalized spacial score (nSPS) is 16.0. The number of carbonyl (C=O) groups is 3. The van der Waals surface area contributed by atoms with Crippen molar-refractivity contribution in [2.75, 3.05) is 30.5 Å². The second kappa shape index (κ2) is 17.7. The minimum Gasteiger partial charge on any atom is -0.481 e. The van der Waals surface area contributed by atoms with E-state index < -0.39 is 71.8 Å². The van der Waals surface area contributed by atoms with Gasteiger partial charge in [0, 0.05) is 12.1 Å². The van der Waals surface area contributed by atoms with Crippen molar-refractivity contribution in [3.05, 3.63) is 107 Å². The second-order valence-electron chi connectivity index (χ2n) is 12.4. The molecule has 1 unspecified atom stereocenters. The monoisotopic (exact) mass is 789 g/mol. The lowest BCUT2D eigenvalue weighted by Gasteiger charge is -2.40. The van der Waals surface area contributed by atoms with Gasteiger partial charge in [0.25, 0.3) is 0 Å². The Balaban J connectivity index is 1.47. The van der Waals surface area contributed by atoms with Crippen molar-refractivity contribution in [1.82, 2.24) is 25.6 Å². The van der Waals surface area contributed by atoms with Crippen LogP contribution in [-0.4, -0.2) is 59.3 Å². The number of nitrogens with zero attached hydrogens (tertiary/aromatic N) is 4. The van der Waals surface area contributed by atoms with Gasteiger partial charge in [-0.3, -0.25) is 15.0 Å². The van der Waals surface area contributed by atoms with Crippen LogP contribution < -0.4 is 25.6 Å². The molecule has 2 aromatic heterocycles. The van der Waals surface area contributed by atoms with E-state index in [9.17, 15) is 40.7 Å². The number of rotatable bonds is 12. The fourth-order valence-corrected chi connectivity index (χ4v) is 6.00. The summed E-state index contributed by atoms with van der Waals surface area (Å²) in [7, 11) is 1.35. The lowest BCUT2D eigenvalue weighted by Crippen LogP contribution is -2.48. The lowest BCUT2D eigenvalue weighted by molar-refractivity contribution is -0.143. The molecule has 1 aliphatic rings. The number of carbonyl (C=O) groups excluding carboxylic acids is 3. The van der Waals surface area contributed by atoms with Gasteiger partial charge in [0.1, 0.15) is 19.0 Å². The highest BCUT2D eigenvalue weighted by molar-refractivity contribution is 5.93. The standard InChI is InChI=1S/C37H37F6N7O6/c1-4-26-16-27(32-28(11-12-30(49-32)54-3)50(26)35(53)55-5-2)48-31(22-13-23(36(38,39)40)15-24(14-22)37(41,42)43)33-44-17-25(18-45-33)47-29(51)19-46-34(52)56-20-21-9-7-6-8-10-21/h6-15,17-18,26-27,31,48H,4-5,16,19-20H2,1-3H3,(H,46,52)(H,47,51)/t26-,27+,31?/m1/s1. The number of alkyl carbamates (subject to hydrolysis) is 1. The summed E-state index contributed by atoms with van der Waals surface area (Å²) in [5, 5.41) is 7.87. The zero-order valence-corrected chi connectivity index (χ0v) is 30.2. The summed E-state index contributed by atoms with van der Waals surface area (Å²) in [4.78, 5) is 52.1. The first-order valence-corrected chi connectivity index (χ1v) is 17.2. The number of aromatic nitrogens is 3. The average Bonchev–Trinajstić information content (AvgIpc) is 3.17. The van der Waals surface area contributed by atoms with E-state index in [4.69, 9.17) is 14.2 Å². The van der Waals surface area contributed by atoms with Crippen LogP contribution in [0.1, 0.15) is 72.5 Å². The number of methoxy groups -OCH3 is 1. The molecule has 0 saturated heterocycles. The molecule has 3 amide bonds. The number of amides is 3. The maximum Gasteiger partial charge on any atom is 0.416 e. The van der Waals surface area contributed by atoms with E-state index in [1.807, 2.05) is 0 Å². The van der Waals surface area contributed by atoms with Gasteiger partial charge in [-0.05, 0) is 55.2 Å². The lowest BCUT2D eigenvalue weighted by atomic mass is 9.91. The van der Waals surface area contributed by atoms with Crippen LogP contribution in [0.25, 0.3) is 0 Å². The quantitative estimate of drug-likeness (QED) is 0.124. The SMILES string of the molecule is CCOC(=O)N1c2ccc(OC)nc2[C@@H](NC(c2cc(C(F)(F)F)cc(C(F)(F)F)c2)c2ncc(NC(=O)CNC(=O)OCc3ccccc3)cn2)C[C@H]1CC. The summed E-state index contributed by atoms with van der Waals surface area (Å²) in [5.41, 5.74) is -2.38. The number of hydrogen-bond donors (Lipinski definition) is 3. The third kappa shape index (κ3) is 10.2. The summed E-state index contributed by atoms with van der Waals surface area (Å²) in [6, 6.07) is 10.1. The summed E-state index contributed by atoms with van der Waals surface area (Å²) < 4.78 is 100. The highest BCUT2D eigenvalue weighted by atomic mass is 19.4. The van der Waals surface area contributed by atoms with Crippen LogP contribution in [0.2, 0.25) is 0 Å². The van der Waals surface area contributed by atoms with Crippen molar-refractivity contribution >= 4 is 29.5 Å². The number of pyridine rings is 1. The molecule has 3 N–H and O–H groups in total. The molecule has 0 aliphatic carbocycles. The van der Waals surface area contributed by atoms with Crippen LogP contribution >= 0.6 is 0 Å². The van der Waals surface area contributed by atoms with Gasteiger partial charge in [-0.1, -0.05) is 37.3 Å². The van der Waals surface area contributed by atoms with Gasteiger partial charge in [0.05, 0.1) is 66.4 Å². The first-order chi connectivity index (χ1) is 26.6. The van der Waals surface area contributed by atoms with Crippen LogP contribution in [0.15, 0.2) is 73.1 Å². The van der Waals surface area contributed by atoms with Crippen LogP contribution in [0.4, 0.5) is 47.3 Å². The maximum atomic E-state index is 14.1. The molecule has 0 bridgehead atoms. The number of benzene rings is 2. The van der Waals surface area contributed by atoms with E-state index in [0.29, 0.717) is 18.6 Å². The van der Waals surface area contributed by atoms with E-state index in [2.05, 4.69) is 30.9 Å². The molecule has 3 atom stereocenters. The first kappa shape index (κ1) is 41.2. The Morgan fingerprint density at radius 1 is 0.911 bits per heavy atom. The van der Waals surface area contributed by atoms with Gasteiger partial charge < -0.3 is 24.8 Å². The highest BCUT2D eigenvalue weighted by Crippen LogP contribution is 2.42. The predicted molar refractivity (Wildman–Crippen MR) is 188 cm³/mol. The molecule has 3 heterocycles. The summed E-state index contributed by atoms with van der Waals surface area (Å²) in [6.45, 7) is 2.95. The van der Waals surface area contributed by atoms with Crippen LogP contribution in [0, 0.1) is 0 Å². The fourth-order valence-electron chi connectivity index (χ4n) is 6.00. The van der Waals surface area contributed by atoms with E-state index in [0.717, 1.165) is 18.0 Å². The zero-order valence-electron chi connectivity index (χ0n) is 30.2. The van der Waals surface area contributed by atoms with Crippen molar-refractivity contribution in [1.29, 1.82) is 0 Å². The molecule has 2 aromatic carbocycles. The highest BCUT2D eigenvalue weighted by Gasteiger charge is 2.41. The predicted octanol–water partition coefficient (Wildman–Crippen LogP) is 7.35. The molecular weight excluding hydrogens is 752 g/mol. The summed E-state index contributed by atoms with van der Waals surface area (Å²) in [6.07, 6.45) is -9.15. The molecule has 19 heteroatoms. The number of alkyl halides is 6. The van der Waals surface area contributed by atoms with Gasteiger partial charge in [-0.2, -0.15) is 26.3 Å². The Labute approximate surface area is 316 Å². The van der Waals surface area contributed by atoms with E-state index in [1.54, 1.807) is 50.2 Å². The van der Waals surface area contributed by atoms with E-state index in [1.165, 1.54) is 18.1 Å². The second-order valence-corrected chi connectivity index (χ2v) is 12.4. The van der Waals surface area contributed by atoms with Gasteiger partial charge in [0.2, 0.25) is 11.8 Å². The van der Waals surface area contributed by atoms with Gasteiger partial charge in [-0.25, -0.2) is 24.5 Å². The Kier molecular flexibility index (Phi) is 13.0. The zero-order chi connectivity index (χ0) is 40.6. The Bertz CT molecular complexity index is 1970. The van der Waals surface area contributed by atoms with Crippen LogP contribution in [-0.2, 0) is 33.2 Å². The van der Waals surface area contributed by atoms with Crippen molar-refractivity contribution < 1.29 is 54.9 Å². The molecule has 4 aromatic rings. The average molecular weight is 790 g/mol. The van der Waals surface area contributed by atoms with E-state index >= 15 is 0 Å². The minimum absolute atomic E-state index is 0.00233. The largest absolute Gasteiger partial charge is 0.481 e. The van der Waals surface area contributed by atoms with Crippen molar-refractivity contribution in [2.45, 2.75) is 63.8 Å². The molecule has 13 nitrogen and oxygen atoms in total. The van der Waals surface area contributed by atoms with Gasteiger partial charge in [0.15, 0.2) is 0 Å². The smallest absolute Gasteiger partial charge is 0.416 e. The van der Waals surface area contributed by atoms with Crippen molar-refractivity contribution in [2.24, 2.45) is 0 Å². The van der Waals surface area contributed by atoms with Crippen LogP contribution in [0.5, 0.6) is 5.88 Å². The van der Waals surface area contributed by atoms with Crippen molar-refractivity contribution in [3.8, 4) is 5.88 Å². The molecule has 0 fully saturated rings. The molecule has 0 radical (unpaired) electrons. The number of anilines is 2. The number of ether oxygens (including phenoxy) is 3. The Morgan fingerprint density at radius 3 is 2.16 bits per heavy atom. The number of nitrogens with one attached hydrogen (secondary N) is 3. The summed E-state index contributed by atoms with van der Waals surface area (Å²) in [5.74, 6) is -0.848. The number of hydrogen-bond acceptors (Lipinski definition) is 10. The minimum atomic E-state index is -5.16. The summed E-state index contributed by atoms with van der Waals surface area (Å²) >= 11 is 0. The molecule has 1 aliphatic heterocycles. The molecule has 0 spiro atoms. The van der Waals surface area contributed by atoms with E-state index in [-0.39, 0.29) is 54.5 Å². The molecule has 5 rings (SSSR count). The maximum absolute atomic E-state index is 14.1. The Hall–Kier alpha value is -5.98. The van der Waals surface area contributed by atoms with Crippen molar-refractivity contribution in [3.63, 3.8) is 0 Å². The third-order valence-corrected chi connectivity index (χ3v) is 8.62. The first-order valence-electron chi connectivity index (χ1n) is 17.2. The number of fused-ring (bicyclic) bond motifs is 1. The topological polar surface area (TPSA) is 157 Å². The van der Waals surface area contributed by atoms with Crippen LogP contribution in [0.3, 0.4) is 0 Å². The molecule has 0 saturated carbocycles. The molecule has 298 valence electrons. The number of halogens is 6. The fraction of sp³-hybridized carbons (Fsp3) is 0.351. The van der Waals surface area contributed by atoms with Gasteiger partial charge in [-0.15, -0.1) is 0 Å². The molecule has 56 heavy (non-hydrogen) atoms. The van der Waals surface area contributed by atoms with Gasteiger partial charge >= 0.3 is 24.5 Å². The molecular formula is C37H37F6N7O6.